The number of halogens is 1. The zero-order chi connectivity index (χ0) is 11.9. The second-order valence-electron chi connectivity index (χ2n) is 4.57. The molecule has 0 bridgehead atoms. The van der Waals surface area contributed by atoms with Crippen molar-refractivity contribution in [3.8, 4) is 0 Å². The van der Waals surface area contributed by atoms with Crippen LogP contribution in [0.4, 0.5) is 10.1 Å². The molecule has 4 heteroatoms. The molecule has 0 aromatic heterocycles. The Balaban J connectivity index is 2.46. The molecule has 1 atom stereocenters. The van der Waals surface area contributed by atoms with Crippen molar-refractivity contribution < 1.29 is 9.18 Å². The summed E-state index contributed by atoms with van der Waals surface area (Å²) in [4.78, 5) is 13.5. The second kappa shape index (κ2) is 3.47. The van der Waals surface area contributed by atoms with E-state index in [9.17, 15) is 9.18 Å². The van der Waals surface area contributed by atoms with Crippen molar-refractivity contribution >= 4 is 11.6 Å². The highest BCUT2D eigenvalue weighted by molar-refractivity contribution is 6.02. The van der Waals surface area contributed by atoms with E-state index in [0.717, 1.165) is 5.69 Å². The van der Waals surface area contributed by atoms with Gasteiger partial charge in [0, 0.05) is 7.05 Å². The Labute approximate surface area is 94.3 Å². The van der Waals surface area contributed by atoms with Gasteiger partial charge in [0.2, 0.25) is 0 Å². The van der Waals surface area contributed by atoms with Gasteiger partial charge in [0.15, 0.2) is 0 Å². The van der Waals surface area contributed by atoms with Crippen LogP contribution >= 0.6 is 0 Å². The molecule has 1 N–H and O–H groups in total. The average Bonchev–Trinajstić information content (AvgIpc) is 2.22. The predicted molar refractivity (Wildman–Crippen MR) is 61.3 cm³/mol. The van der Waals surface area contributed by atoms with Gasteiger partial charge in [-0.15, -0.1) is 0 Å². The van der Waals surface area contributed by atoms with E-state index in [2.05, 4.69) is 5.32 Å². The number of hydrogen-bond acceptors (Lipinski definition) is 2. The molecule has 3 nitrogen and oxygen atoms in total. The minimum Gasteiger partial charge on any atom is -0.351 e. The Morgan fingerprint density at radius 1 is 1.38 bits per heavy atom. The van der Waals surface area contributed by atoms with Gasteiger partial charge in [-0.05, 0) is 26.0 Å². The third kappa shape index (κ3) is 1.64. The number of fused-ring (bicyclic) bond motifs is 1. The van der Waals surface area contributed by atoms with Crippen molar-refractivity contribution in [3.05, 3.63) is 29.8 Å². The van der Waals surface area contributed by atoms with Gasteiger partial charge in [-0.1, -0.05) is 12.1 Å². The van der Waals surface area contributed by atoms with Crippen LogP contribution in [0.15, 0.2) is 24.3 Å². The SMILES string of the molecule is CN1c2ccccc2C(=O)N[C@H]1C(C)(C)F. The lowest BCUT2D eigenvalue weighted by Crippen LogP contribution is -2.59. The standard InChI is InChI=1S/C12H15FN2O/c1-12(2,13)11-14-10(16)8-6-4-5-7-9(8)15(11)3/h4-7,11H,1-3H3,(H,14,16)/t11-/m1/s1. The van der Waals surface area contributed by atoms with Crippen LogP contribution in [-0.2, 0) is 0 Å². The number of alkyl halides is 1. The van der Waals surface area contributed by atoms with E-state index in [4.69, 9.17) is 0 Å². The molecular formula is C12H15FN2O. The zero-order valence-corrected chi connectivity index (χ0v) is 9.62. The molecule has 86 valence electrons. The highest BCUT2D eigenvalue weighted by Crippen LogP contribution is 2.29. The van der Waals surface area contributed by atoms with E-state index in [-0.39, 0.29) is 5.91 Å². The molecule has 2 rings (SSSR count). The van der Waals surface area contributed by atoms with Gasteiger partial charge in [0.25, 0.3) is 5.91 Å². The number of rotatable bonds is 1. The van der Waals surface area contributed by atoms with Gasteiger partial charge in [-0.2, -0.15) is 0 Å². The Morgan fingerprint density at radius 2 is 2.00 bits per heavy atom. The third-order valence-corrected chi connectivity index (χ3v) is 2.83. The molecule has 16 heavy (non-hydrogen) atoms. The number of benzene rings is 1. The number of carbonyl (C=O) groups is 1. The van der Waals surface area contributed by atoms with Gasteiger partial charge in [0.05, 0.1) is 11.3 Å². The lowest BCUT2D eigenvalue weighted by atomic mass is 10.0. The number of anilines is 1. The molecule has 0 spiro atoms. The summed E-state index contributed by atoms with van der Waals surface area (Å²) in [6, 6.07) is 7.21. The summed E-state index contributed by atoms with van der Waals surface area (Å²) < 4.78 is 13.9. The number of amides is 1. The van der Waals surface area contributed by atoms with E-state index < -0.39 is 11.8 Å². The van der Waals surface area contributed by atoms with Crippen molar-refractivity contribution in [2.24, 2.45) is 0 Å². The Hall–Kier alpha value is -1.58. The normalized spacial score (nSPS) is 20.4. The molecule has 0 fully saturated rings. The van der Waals surface area contributed by atoms with E-state index in [1.54, 1.807) is 24.1 Å². The zero-order valence-electron chi connectivity index (χ0n) is 9.62. The third-order valence-electron chi connectivity index (χ3n) is 2.83. The monoisotopic (exact) mass is 222 g/mol. The van der Waals surface area contributed by atoms with E-state index in [1.165, 1.54) is 13.8 Å². The van der Waals surface area contributed by atoms with Gasteiger partial charge in [-0.3, -0.25) is 4.79 Å². The molecule has 0 aliphatic carbocycles. The smallest absolute Gasteiger partial charge is 0.255 e. The van der Waals surface area contributed by atoms with Crippen molar-refractivity contribution in [2.75, 3.05) is 11.9 Å². The molecule has 1 aromatic carbocycles. The van der Waals surface area contributed by atoms with Crippen LogP contribution in [0.3, 0.4) is 0 Å². The van der Waals surface area contributed by atoms with Gasteiger partial charge in [-0.25, -0.2) is 4.39 Å². The van der Waals surface area contributed by atoms with Crippen LogP contribution in [0, 0.1) is 0 Å². The molecular weight excluding hydrogens is 207 g/mol. The molecule has 0 radical (unpaired) electrons. The number of nitrogens with zero attached hydrogens (tertiary/aromatic N) is 1. The quantitative estimate of drug-likeness (QED) is 0.787. The van der Waals surface area contributed by atoms with E-state index in [1.807, 2.05) is 12.1 Å². The summed E-state index contributed by atoms with van der Waals surface area (Å²) in [6.45, 7) is 2.92. The van der Waals surface area contributed by atoms with Crippen LogP contribution in [0.1, 0.15) is 24.2 Å². The highest BCUT2D eigenvalue weighted by Gasteiger charge is 2.38. The summed E-state index contributed by atoms with van der Waals surface area (Å²) >= 11 is 0. The second-order valence-corrected chi connectivity index (χ2v) is 4.57. The van der Waals surface area contributed by atoms with Crippen LogP contribution in [0.5, 0.6) is 0 Å². The van der Waals surface area contributed by atoms with Gasteiger partial charge in [0.1, 0.15) is 11.8 Å². The topological polar surface area (TPSA) is 32.3 Å². The molecule has 0 saturated heterocycles. The number of nitrogens with one attached hydrogen (secondary N) is 1. The molecule has 1 heterocycles. The first-order valence-electron chi connectivity index (χ1n) is 5.23. The largest absolute Gasteiger partial charge is 0.351 e. The lowest BCUT2D eigenvalue weighted by Gasteiger charge is -2.41. The minimum atomic E-state index is -1.49. The number of hydrogen-bond donors (Lipinski definition) is 1. The predicted octanol–water partition coefficient (Wildman–Crippen LogP) is 1.94. The molecule has 1 aromatic rings. The number of para-hydroxylation sites is 1. The molecule has 1 amide bonds. The van der Waals surface area contributed by atoms with E-state index >= 15 is 0 Å². The van der Waals surface area contributed by atoms with Gasteiger partial charge >= 0.3 is 0 Å². The van der Waals surface area contributed by atoms with E-state index in [0.29, 0.717) is 5.56 Å². The van der Waals surface area contributed by atoms with Crippen molar-refractivity contribution in [2.45, 2.75) is 25.7 Å². The maximum atomic E-state index is 13.9. The van der Waals surface area contributed by atoms with Crippen LogP contribution in [0.2, 0.25) is 0 Å². The molecule has 1 aliphatic heterocycles. The first-order chi connectivity index (χ1) is 7.41. The van der Waals surface area contributed by atoms with Crippen molar-refractivity contribution in [1.82, 2.24) is 5.32 Å². The fourth-order valence-corrected chi connectivity index (χ4v) is 2.04. The van der Waals surface area contributed by atoms with Crippen LogP contribution in [-0.4, -0.2) is 24.8 Å². The van der Waals surface area contributed by atoms with Crippen LogP contribution in [0.25, 0.3) is 0 Å². The Morgan fingerprint density at radius 3 is 2.62 bits per heavy atom. The summed E-state index contributed by atoms with van der Waals surface area (Å²) in [6.07, 6.45) is -0.630. The number of carbonyl (C=O) groups excluding carboxylic acids is 1. The Kier molecular flexibility index (Phi) is 2.37. The summed E-state index contributed by atoms with van der Waals surface area (Å²) in [5, 5.41) is 2.67. The first kappa shape index (κ1) is 10.9. The summed E-state index contributed by atoms with van der Waals surface area (Å²) in [5.41, 5.74) is -0.134. The van der Waals surface area contributed by atoms with Gasteiger partial charge < -0.3 is 10.2 Å². The fourth-order valence-electron chi connectivity index (χ4n) is 2.04. The summed E-state index contributed by atoms with van der Waals surface area (Å²) in [5.74, 6) is -0.218. The fraction of sp³-hybridized carbons (Fsp3) is 0.417. The van der Waals surface area contributed by atoms with Crippen LogP contribution < -0.4 is 10.2 Å². The Bertz CT molecular complexity index is 425. The molecule has 1 aliphatic rings. The van der Waals surface area contributed by atoms with Crippen molar-refractivity contribution in [1.29, 1.82) is 0 Å². The lowest BCUT2D eigenvalue weighted by molar-refractivity contribution is 0.0826. The molecule has 0 saturated carbocycles. The maximum absolute atomic E-state index is 13.9. The summed E-state index contributed by atoms with van der Waals surface area (Å²) in [7, 11) is 1.78. The maximum Gasteiger partial charge on any atom is 0.255 e. The molecule has 0 unspecified atom stereocenters. The highest BCUT2D eigenvalue weighted by atomic mass is 19.1. The van der Waals surface area contributed by atoms with Crippen molar-refractivity contribution in [3.63, 3.8) is 0 Å². The first-order valence-corrected chi connectivity index (χ1v) is 5.23. The minimum absolute atomic E-state index is 0.218. The average molecular weight is 222 g/mol.